The number of hydrogen-bond donors (Lipinski definition) is 0. The van der Waals surface area contributed by atoms with Crippen molar-refractivity contribution in [3.05, 3.63) is 46.6 Å². The second kappa shape index (κ2) is 12.4. The molecular weight excluding hydrogens is 532 g/mol. The number of carbonyl (C=O) groups is 2. The van der Waals surface area contributed by atoms with Crippen LogP contribution in [0.25, 0.3) is 0 Å². The minimum absolute atomic E-state index is 0.0234. The van der Waals surface area contributed by atoms with Crippen LogP contribution in [0.2, 0.25) is 0 Å². The minimum atomic E-state index is -1.68. The number of ether oxygens (including phenoxy) is 6. The van der Waals surface area contributed by atoms with Crippen molar-refractivity contribution in [1.82, 2.24) is 0 Å². The highest BCUT2D eigenvalue weighted by Gasteiger charge is 2.48. The number of esters is 2. The minimum Gasteiger partial charge on any atom is -0.492 e. The van der Waals surface area contributed by atoms with E-state index in [0.717, 1.165) is 5.56 Å². The van der Waals surface area contributed by atoms with Crippen LogP contribution in [0, 0.1) is 29.1 Å². The van der Waals surface area contributed by atoms with Gasteiger partial charge in [0.05, 0.1) is 31.6 Å². The molecule has 3 rings (SSSR count). The molecule has 2 heterocycles. The van der Waals surface area contributed by atoms with E-state index in [2.05, 4.69) is 39.6 Å². The van der Waals surface area contributed by atoms with Crippen molar-refractivity contribution in [3.8, 4) is 23.7 Å². The van der Waals surface area contributed by atoms with Crippen molar-refractivity contribution in [2.45, 2.75) is 50.8 Å². The first kappa shape index (κ1) is 27.8. The third-order valence-corrected chi connectivity index (χ3v) is 6.34. The Kier molecular flexibility index (Phi) is 9.58. The van der Waals surface area contributed by atoms with Crippen LogP contribution in [0.5, 0.6) is 0 Å². The highest BCUT2D eigenvalue weighted by Crippen LogP contribution is 2.35. The summed E-state index contributed by atoms with van der Waals surface area (Å²) in [4.78, 5) is 25.4. The number of halogens is 1. The van der Waals surface area contributed by atoms with Gasteiger partial charge in [-0.1, -0.05) is 41.9 Å². The molecule has 0 saturated carbocycles. The number of benzene rings is 1. The van der Waals surface area contributed by atoms with Crippen LogP contribution >= 0.6 is 15.9 Å². The van der Waals surface area contributed by atoms with Crippen LogP contribution in [0.15, 0.2) is 41.1 Å². The summed E-state index contributed by atoms with van der Waals surface area (Å²) in [5.74, 6) is 9.31. The molecule has 36 heavy (non-hydrogen) atoms. The van der Waals surface area contributed by atoms with E-state index in [1.807, 2.05) is 44.2 Å². The zero-order valence-corrected chi connectivity index (χ0v) is 22.3. The van der Waals surface area contributed by atoms with Crippen molar-refractivity contribution < 1.29 is 38.0 Å². The Morgan fingerprint density at radius 2 is 1.75 bits per heavy atom. The Bertz CT molecular complexity index is 1070. The van der Waals surface area contributed by atoms with Crippen molar-refractivity contribution in [3.63, 3.8) is 0 Å². The van der Waals surface area contributed by atoms with E-state index in [1.54, 1.807) is 6.26 Å². The SMILES string of the molecule is COC(=O)C(CC#CCO[C@@H]1C(Br)=CO[C@@H]2COC(C)(C)O[C@@H]12)(CC#Cc1ccccc1)C(=O)OC. The first-order valence-electron chi connectivity index (χ1n) is 11.3. The van der Waals surface area contributed by atoms with Gasteiger partial charge in [-0.2, -0.15) is 0 Å². The molecule has 0 aromatic heterocycles. The van der Waals surface area contributed by atoms with Gasteiger partial charge in [-0.15, -0.1) is 0 Å². The Hall–Kier alpha value is -2.82. The second-order valence-electron chi connectivity index (χ2n) is 8.64. The lowest BCUT2D eigenvalue weighted by Gasteiger charge is -2.45. The van der Waals surface area contributed by atoms with Gasteiger partial charge >= 0.3 is 11.9 Å². The summed E-state index contributed by atoms with van der Waals surface area (Å²) >= 11 is 3.46. The first-order valence-corrected chi connectivity index (χ1v) is 12.1. The number of fused-ring (bicyclic) bond motifs is 1. The lowest BCUT2D eigenvalue weighted by molar-refractivity contribution is -0.321. The quantitative estimate of drug-likeness (QED) is 0.297. The fourth-order valence-electron chi connectivity index (χ4n) is 3.78. The predicted molar refractivity (Wildman–Crippen MR) is 133 cm³/mol. The number of hydrogen-bond acceptors (Lipinski definition) is 8. The molecule has 1 saturated heterocycles. The van der Waals surface area contributed by atoms with Gasteiger partial charge in [0, 0.05) is 18.4 Å². The van der Waals surface area contributed by atoms with E-state index in [1.165, 1.54) is 14.2 Å². The molecule has 1 aromatic carbocycles. The van der Waals surface area contributed by atoms with Gasteiger partial charge in [-0.05, 0) is 41.9 Å². The van der Waals surface area contributed by atoms with Gasteiger partial charge in [0.25, 0.3) is 0 Å². The zero-order valence-electron chi connectivity index (χ0n) is 20.7. The topological polar surface area (TPSA) is 89.5 Å². The zero-order chi connectivity index (χ0) is 26.2. The van der Waals surface area contributed by atoms with Crippen molar-refractivity contribution >= 4 is 27.9 Å². The van der Waals surface area contributed by atoms with Gasteiger partial charge in [-0.25, -0.2) is 0 Å². The largest absolute Gasteiger partial charge is 0.492 e. The Labute approximate surface area is 219 Å². The van der Waals surface area contributed by atoms with E-state index in [0.29, 0.717) is 11.1 Å². The highest BCUT2D eigenvalue weighted by atomic mass is 79.9. The van der Waals surface area contributed by atoms with Crippen LogP contribution in [-0.4, -0.2) is 63.5 Å². The number of methoxy groups -OCH3 is 2. The van der Waals surface area contributed by atoms with Gasteiger partial charge in [0.15, 0.2) is 17.3 Å². The molecule has 1 fully saturated rings. The van der Waals surface area contributed by atoms with Crippen LogP contribution < -0.4 is 0 Å². The molecule has 1 aromatic rings. The molecule has 0 amide bonds. The lowest BCUT2D eigenvalue weighted by Crippen LogP contribution is -2.56. The molecule has 8 nitrogen and oxygen atoms in total. The Balaban J connectivity index is 1.72. The highest BCUT2D eigenvalue weighted by molar-refractivity contribution is 9.11. The smallest absolute Gasteiger partial charge is 0.325 e. The molecule has 9 heteroatoms. The van der Waals surface area contributed by atoms with Gasteiger partial charge in [0.2, 0.25) is 0 Å². The molecule has 0 aliphatic carbocycles. The molecule has 0 unspecified atom stereocenters. The van der Waals surface area contributed by atoms with Crippen LogP contribution in [-0.2, 0) is 38.0 Å². The van der Waals surface area contributed by atoms with Crippen LogP contribution in [0.1, 0.15) is 32.3 Å². The first-order chi connectivity index (χ1) is 17.2. The van der Waals surface area contributed by atoms with Gasteiger partial charge < -0.3 is 28.4 Å². The molecule has 0 bridgehead atoms. The summed E-state index contributed by atoms with van der Waals surface area (Å²) in [6.07, 6.45) is 0.142. The van der Waals surface area contributed by atoms with Crippen LogP contribution in [0.4, 0.5) is 0 Å². The average molecular weight is 561 g/mol. The summed E-state index contributed by atoms with van der Waals surface area (Å²) in [6, 6.07) is 9.24. The molecule has 3 atom stereocenters. The standard InChI is InChI=1S/C27H29BrO8/c1-26(2)35-18-21-23(36-26)22(20(28)17-34-21)33-16-9-8-14-27(24(29)31-3,25(30)32-4)15-10-13-19-11-6-5-7-12-19/h5-7,11-12,17,21-23H,14-16,18H2,1-4H3/t21-,22-,23-/m1/s1. The van der Waals surface area contributed by atoms with E-state index in [4.69, 9.17) is 28.4 Å². The monoisotopic (exact) mass is 560 g/mol. The van der Waals surface area contributed by atoms with E-state index in [9.17, 15) is 9.59 Å². The average Bonchev–Trinajstić information content (AvgIpc) is 2.87. The Morgan fingerprint density at radius 1 is 1.08 bits per heavy atom. The maximum Gasteiger partial charge on any atom is 0.325 e. The summed E-state index contributed by atoms with van der Waals surface area (Å²) in [7, 11) is 2.42. The molecule has 0 radical (unpaired) electrons. The fourth-order valence-corrected chi connectivity index (χ4v) is 4.28. The third kappa shape index (κ3) is 6.68. The lowest BCUT2D eigenvalue weighted by atomic mass is 9.81. The predicted octanol–water partition coefficient (Wildman–Crippen LogP) is 3.33. The molecule has 192 valence electrons. The summed E-state index contributed by atoms with van der Waals surface area (Å²) in [5.41, 5.74) is -0.927. The molecule has 0 N–H and O–H groups in total. The summed E-state index contributed by atoms with van der Waals surface area (Å²) in [6.45, 7) is 4.04. The normalized spacial score (nSPS) is 22.2. The molecule has 2 aliphatic heterocycles. The maximum atomic E-state index is 12.7. The fraction of sp³-hybridized carbons (Fsp3) is 0.481. The number of carbonyl (C=O) groups excluding carboxylic acids is 2. The Morgan fingerprint density at radius 3 is 2.42 bits per heavy atom. The molecular formula is C27H29BrO8. The molecule has 0 spiro atoms. The van der Waals surface area contributed by atoms with Crippen LogP contribution in [0.3, 0.4) is 0 Å². The second-order valence-corrected chi connectivity index (χ2v) is 9.56. The van der Waals surface area contributed by atoms with E-state index >= 15 is 0 Å². The van der Waals surface area contributed by atoms with Gasteiger partial charge in [0.1, 0.15) is 18.8 Å². The van der Waals surface area contributed by atoms with E-state index < -0.39 is 35.3 Å². The van der Waals surface area contributed by atoms with Crippen molar-refractivity contribution in [1.29, 1.82) is 0 Å². The third-order valence-electron chi connectivity index (χ3n) is 5.71. The van der Waals surface area contributed by atoms with Crippen molar-refractivity contribution in [2.24, 2.45) is 5.41 Å². The molecule has 2 aliphatic rings. The maximum absolute atomic E-state index is 12.7. The van der Waals surface area contributed by atoms with Gasteiger partial charge in [-0.3, -0.25) is 9.59 Å². The summed E-state index contributed by atoms with van der Waals surface area (Å²) in [5, 5.41) is 0. The van der Waals surface area contributed by atoms with E-state index in [-0.39, 0.29) is 25.6 Å². The van der Waals surface area contributed by atoms with Crippen molar-refractivity contribution in [2.75, 3.05) is 27.4 Å². The summed E-state index contributed by atoms with van der Waals surface area (Å²) < 4.78 is 33.8. The number of rotatable bonds is 6.